The summed E-state index contributed by atoms with van der Waals surface area (Å²) in [5.74, 6) is -0.427. The van der Waals surface area contributed by atoms with E-state index in [-0.39, 0.29) is 18.4 Å². The van der Waals surface area contributed by atoms with Crippen molar-refractivity contribution < 1.29 is 19.2 Å². The molecule has 5 amide bonds. The maximum Gasteiger partial charge on any atom is 0.344 e. The Hall–Kier alpha value is -2.16. The maximum atomic E-state index is 12.3. The summed E-state index contributed by atoms with van der Waals surface area (Å²) in [7, 11) is 0. The van der Waals surface area contributed by atoms with Crippen molar-refractivity contribution in [2.75, 3.05) is 32.7 Å². The Kier molecular flexibility index (Phi) is 4.68. The zero-order chi connectivity index (χ0) is 18.2. The zero-order valence-corrected chi connectivity index (χ0v) is 14.7. The SMILES string of the molecule is CC[C@@]1(C)NC(=O)N(NC(=O)CN2CCN(C(=O)C3CC3)CC2)C1=O. The molecule has 2 N–H and O–H groups in total. The summed E-state index contributed by atoms with van der Waals surface area (Å²) in [6.07, 6.45) is 2.43. The molecule has 9 heteroatoms. The summed E-state index contributed by atoms with van der Waals surface area (Å²) in [5, 5.41) is 3.35. The molecule has 2 heterocycles. The second-order valence-corrected chi connectivity index (χ2v) is 7.17. The normalized spacial score (nSPS) is 27.4. The first kappa shape index (κ1) is 17.7. The Morgan fingerprint density at radius 1 is 1.20 bits per heavy atom. The lowest BCUT2D eigenvalue weighted by atomic mass is 10.00. The van der Waals surface area contributed by atoms with Crippen molar-refractivity contribution in [1.82, 2.24) is 25.6 Å². The van der Waals surface area contributed by atoms with Crippen molar-refractivity contribution in [3.05, 3.63) is 0 Å². The first-order chi connectivity index (χ1) is 11.8. The molecule has 0 unspecified atom stereocenters. The Bertz CT molecular complexity index is 597. The number of carbonyl (C=O) groups is 4. The highest BCUT2D eigenvalue weighted by Crippen LogP contribution is 2.31. The number of piperazine rings is 1. The van der Waals surface area contributed by atoms with E-state index in [0.717, 1.165) is 17.9 Å². The minimum atomic E-state index is -0.973. The van der Waals surface area contributed by atoms with Gasteiger partial charge in [0.15, 0.2) is 0 Å². The molecule has 0 spiro atoms. The number of carbonyl (C=O) groups excluding carboxylic acids is 4. The molecular weight excluding hydrogens is 326 g/mol. The molecular formula is C16H25N5O4. The van der Waals surface area contributed by atoms with E-state index in [4.69, 9.17) is 0 Å². The first-order valence-electron chi connectivity index (χ1n) is 8.81. The van der Waals surface area contributed by atoms with Gasteiger partial charge >= 0.3 is 6.03 Å². The molecule has 0 bridgehead atoms. The number of nitrogens with one attached hydrogen (secondary N) is 2. The molecule has 2 aliphatic heterocycles. The topological polar surface area (TPSA) is 102 Å². The second-order valence-electron chi connectivity index (χ2n) is 7.17. The average Bonchev–Trinajstić information content (AvgIpc) is 3.41. The minimum Gasteiger partial charge on any atom is -0.340 e. The van der Waals surface area contributed by atoms with Crippen LogP contribution < -0.4 is 10.7 Å². The van der Waals surface area contributed by atoms with Crippen molar-refractivity contribution >= 4 is 23.8 Å². The van der Waals surface area contributed by atoms with Crippen molar-refractivity contribution in [2.24, 2.45) is 5.92 Å². The zero-order valence-electron chi connectivity index (χ0n) is 14.7. The van der Waals surface area contributed by atoms with E-state index < -0.39 is 23.4 Å². The van der Waals surface area contributed by atoms with Crippen LogP contribution in [0.1, 0.15) is 33.1 Å². The molecule has 25 heavy (non-hydrogen) atoms. The van der Waals surface area contributed by atoms with Gasteiger partial charge in [0.1, 0.15) is 5.54 Å². The average molecular weight is 351 g/mol. The highest BCUT2D eigenvalue weighted by molar-refractivity contribution is 6.07. The molecule has 1 atom stereocenters. The molecule has 0 aromatic rings. The smallest absolute Gasteiger partial charge is 0.340 e. The van der Waals surface area contributed by atoms with E-state index in [1.54, 1.807) is 13.8 Å². The van der Waals surface area contributed by atoms with Crippen LogP contribution in [0.4, 0.5) is 4.79 Å². The lowest BCUT2D eigenvalue weighted by Gasteiger charge is -2.34. The van der Waals surface area contributed by atoms with Crippen LogP contribution in [-0.4, -0.2) is 76.8 Å². The molecule has 0 radical (unpaired) electrons. The van der Waals surface area contributed by atoms with Crippen molar-refractivity contribution in [2.45, 2.75) is 38.6 Å². The molecule has 9 nitrogen and oxygen atoms in total. The number of nitrogens with zero attached hydrogens (tertiary/aromatic N) is 3. The van der Waals surface area contributed by atoms with Crippen LogP contribution in [0.2, 0.25) is 0 Å². The molecule has 3 fully saturated rings. The minimum absolute atomic E-state index is 0.0886. The van der Waals surface area contributed by atoms with E-state index in [1.165, 1.54) is 0 Å². The number of hydrogen-bond donors (Lipinski definition) is 2. The van der Waals surface area contributed by atoms with Crippen molar-refractivity contribution in [3.63, 3.8) is 0 Å². The van der Waals surface area contributed by atoms with Crippen LogP contribution in [0.3, 0.4) is 0 Å². The van der Waals surface area contributed by atoms with Crippen LogP contribution in [0.15, 0.2) is 0 Å². The second kappa shape index (κ2) is 6.62. The molecule has 3 aliphatic rings. The Morgan fingerprint density at radius 2 is 1.84 bits per heavy atom. The number of urea groups is 1. The van der Waals surface area contributed by atoms with Crippen LogP contribution in [0.25, 0.3) is 0 Å². The van der Waals surface area contributed by atoms with Gasteiger partial charge in [-0.25, -0.2) is 4.79 Å². The summed E-state index contributed by atoms with van der Waals surface area (Å²) >= 11 is 0. The first-order valence-corrected chi connectivity index (χ1v) is 8.81. The van der Waals surface area contributed by atoms with E-state index >= 15 is 0 Å². The number of imide groups is 1. The standard InChI is InChI=1S/C16H25N5O4/c1-3-16(2)14(24)21(15(25)17-16)18-12(22)10-19-6-8-20(9-7-19)13(23)11-4-5-11/h11H,3-10H2,1-2H3,(H,17,25)(H,18,22)/t16-/m1/s1. The fourth-order valence-electron chi connectivity index (χ4n) is 3.10. The molecule has 138 valence electrons. The lowest BCUT2D eigenvalue weighted by Crippen LogP contribution is -2.54. The predicted octanol–water partition coefficient (Wildman–Crippen LogP) is -0.708. The van der Waals surface area contributed by atoms with Gasteiger partial charge < -0.3 is 10.2 Å². The Balaban J connectivity index is 1.46. The number of rotatable bonds is 5. The lowest BCUT2D eigenvalue weighted by molar-refractivity contribution is -0.140. The van der Waals surface area contributed by atoms with Crippen LogP contribution >= 0.6 is 0 Å². The highest BCUT2D eigenvalue weighted by Gasteiger charge is 2.47. The van der Waals surface area contributed by atoms with E-state index in [2.05, 4.69) is 10.7 Å². The van der Waals surface area contributed by atoms with E-state index in [0.29, 0.717) is 32.6 Å². The molecule has 2 saturated heterocycles. The Morgan fingerprint density at radius 3 is 2.36 bits per heavy atom. The van der Waals surface area contributed by atoms with Gasteiger partial charge in [-0.2, -0.15) is 5.01 Å². The van der Waals surface area contributed by atoms with E-state index in [1.807, 2.05) is 9.80 Å². The van der Waals surface area contributed by atoms with E-state index in [9.17, 15) is 19.2 Å². The largest absolute Gasteiger partial charge is 0.344 e. The van der Waals surface area contributed by atoms with Gasteiger partial charge in [-0.05, 0) is 26.2 Å². The summed E-state index contributed by atoms with van der Waals surface area (Å²) in [5.41, 5.74) is 1.41. The third-order valence-corrected chi connectivity index (χ3v) is 5.18. The third-order valence-electron chi connectivity index (χ3n) is 5.18. The quantitative estimate of drug-likeness (QED) is 0.637. The van der Waals surface area contributed by atoms with Crippen molar-refractivity contribution in [1.29, 1.82) is 0 Å². The number of amides is 5. The molecule has 1 aliphatic carbocycles. The van der Waals surface area contributed by atoms with Gasteiger partial charge in [-0.3, -0.25) is 24.7 Å². The van der Waals surface area contributed by atoms with Crippen LogP contribution in [0, 0.1) is 5.92 Å². The molecule has 1 saturated carbocycles. The number of hydrazine groups is 1. The van der Waals surface area contributed by atoms with Gasteiger partial charge in [-0.1, -0.05) is 6.92 Å². The summed E-state index contributed by atoms with van der Waals surface area (Å²) in [4.78, 5) is 52.1. The summed E-state index contributed by atoms with van der Waals surface area (Å²) < 4.78 is 0. The van der Waals surface area contributed by atoms with Gasteiger partial charge in [0.25, 0.3) is 11.8 Å². The van der Waals surface area contributed by atoms with Gasteiger partial charge in [0.05, 0.1) is 6.54 Å². The van der Waals surface area contributed by atoms with Crippen molar-refractivity contribution in [3.8, 4) is 0 Å². The fraction of sp³-hybridized carbons (Fsp3) is 0.750. The maximum absolute atomic E-state index is 12.3. The van der Waals surface area contributed by atoms with Gasteiger partial charge in [-0.15, -0.1) is 0 Å². The highest BCUT2D eigenvalue weighted by atomic mass is 16.2. The fourth-order valence-corrected chi connectivity index (χ4v) is 3.10. The summed E-state index contributed by atoms with van der Waals surface area (Å²) in [6, 6.07) is -0.609. The Labute approximate surface area is 146 Å². The van der Waals surface area contributed by atoms with Gasteiger partial charge in [0.2, 0.25) is 5.91 Å². The third kappa shape index (κ3) is 3.60. The van der Waals surface area contributed by atoms with Crippen LogP contribution in [0.5, 0.6) is 0 Å². The van der Waals surface area contributed by atoms with Gasteiger partial charge in [0, 0.05) is 32.1 Å². The number of hydrogen-bond acceptors (Lipinski definition) is 5. The van der Waals surface area contributed by atoms with Crippen LogP contribution in [-0.2, 0) is 14.4 Å². The monoisotopic (exact) mass is 351 g/mol. The summed E-state index contributed by atoms with van der Waals surface area (Å²) in [6.45, 7) is 5.96. The molecule has 0 aromatic heterocycles. The molecule has 3 rings (SSSR count). The molecule has 0 aromatic carbocycles. The predicted molar refractivity (Wildman–Crippen MR) is 88.0 cm³/mol.